The second-order valence-electron chi connectivity index (χ2n) is 4.00. The summed E-state index contributed by atoms with van der Waals surface area (Å²) < 4.78 is 0. The molecule has 1 aromatic carbocycles. The molecule has 1 aliphatic heterocycles. The Labute approximate surface area is 134 Å². The van der Waals surface area contributed by atoms with Gasteiger partial charge in [-0.1, -0.05) is 35.0 Å². The summed E-state index contributed by atoms with van der Waals surface area (Å²) in [6.07, 6.45) is -0.264. The number of hydrogen-bond acceptors (Lipinski definition) is 4. The minimum absolute atomic E-state index is 0.00730. The number of carbonyl (C=O) groups excluding carboxylic acids is 3. The highest BCUT2D eigenvalue weighted by atomic mass is 35.5. The molecule has 21 heavy (non-hydrogen) atoms. The van der Waals surface area contributed by atoms with Crippen molar-refractivity contribution in [3.8, 4) is 0 Å². The minimum atomic E-state index is -0.522. The maximum absolute atomic E-state index is 11.8. The summed E-state index contributed by atoms with van der Waals surface area (Å²) in [4.78, 5) is 37.6. The Morgan fingerprint density at radius 1 is 1.33 bits per heavy atom. The lowest BCUT2D eigenvalue weighted by atomic mass is 10.3. The van der Waals surface area contributed by atoms with Crippen molar-refractivity contribution in [2.45, 2.75) is 6.42 Å². The Balaban J connectivity index is 1.89. The molecule has 0 aliphatic carbocycles. The fourth-order valence-electron chi connectivity index (χ4n) is 1.45. The van der Waals surface area contributed by atoms with Crippen LogP contribution in [0.3, 0.4) is 0 Å². The third kappa shape index (κ3) is 4.73. The summed E-state index contributed by atoms with van der Waals surface area (Å²) in [5, 5.41) is 5.88. The molecular formula is C12H9Cl2N3O3S. The van der Waals surface area contributed by atoms with E-state index in [1.165, 1.54) is 6.07 Å². The van der Waals surface area contributed by atoms with Crippen LogP contribution in [0.2, 0.25) is 10.0 Å². The van der Waals surface area contributed by atoms with Gasteiger partial charge in [0.1, 0.15) is 6.42 Å². The summed E-state index contributed by atoms with van der Waals surface area (Å²) in [6, 6.07) is 4.70. The summed E-state index contributed by atoms with van der Waals surface area (Å²) in [6.45, 7) is 0. The summed E-state index contributed by atoms with van der Waals surface area (Å²) >= 11 is 12.6. The van der Waals surface area contributed by atoms with Crippen molar-refractivity contribution < 1.29 is 14.4 Å². The van der Waals surface area contributed by atoms with Crippen LogP contribution in [0, 0.1) is 0 Å². The van der Waals surface area contributed by atoms with E-state index in [0.29, 0.717) is 15.7 Å². The van der Waals surface area contributed by atoms with Gasteiger partial charge in [0, 0.05) is 5.69 Å². The molecule has 2 N–H and O–H groups in total. The molecule has 0 unspecified atom stereocenters. The molecule has 0 saturated heterocycles. The summed E-state index contributed by atoms with van der Waals surface area (Å²) in [5.74, 6) is -1.28. The lowest BCUT2D eigenvalue weighted by molar-refractivity contribution is -0.127. The summed E-state index contributed by atoms with van der Waals surface area (Å²) in [7, 11) is 0. The highest BCUT2D eigenvalue weighted by Gasteiger charge is 2.19. The SMILES string of the molecule is O=C1CC(=O)NC(SCC(=O)Nc2ccc(Cl)c(Cl)c2)=N1. The van der Waals surface area contributed by atoms with Crippen molar-refractivity contribution in [2.75, 3.05) is 11.1 Å². The van der Waals surface area contributed by atoms with Gasteiger partial charge < -0.3 is 10.6 Å². The lowest BCUT2D eigenvalue weighted by Crippen LogP contribution is -2.35. The van der Waals surface area contributed by atoms with Crippen molar-refractivity contribution >= 4 is 63.5 Å². The molecule has 6 nitrogen and oxygen atoms in total. The molecule has 0 saturated carbocycles. The molecule has 0 spiro atoms. The Morgan fingerprint density at radius 2 is 2.10 bits per heavy atom. The topological polar surface area (TPSA) is 87.6 Å². The molecule has 1 heterocycles. The fourth-order valence-corrected chi connectivity index (χ4v) is 2.45. The zero-order valence-electron chi connectivity index (χ0n) is 10.5. The van der Waals surface area contributed by atoms with E-state index in [0.717, 1.165) is 11.8 Å². The number of nitrogens with zero attached hydrogens (tertiary/aromatic N) is 1. The van der Waals surface area contributed by atoms with Crippen molar-refractivity contribution in [3.63, 3.8) is 0 Å². The van der Waals surface area contributed by atoms with E-state index in [1.807, 2.05) is 0 Å². The fraction of sp³-hybridized carbons (Fsp3) is 0.167. The number of amides is 3. The average Bonchev–Trinajstić information content (AvgIpc) is 2.40. The number of anilines is 1. The van der Waals surface area contributed by atoms with E-state index >= 15 is 0 Å². The molecule has 1 aliphatic rings. The highest BCUT2D eigenvalue weighted by Crippen LogP contribution is 2.25. The average molecular weight is 346 g/mol. The van der Waals surface area contributed by atoms with Crippen LogP contribution in [0.25, 0.3) is 0 Å². The second kappa shape index (κ2) is 6.93. The van der Waals surface area contributed by atoms with E-state index in [9.17, 15) is 14.4 Å². The molecule has 110 valence electrons. The first-order valence-corrected chi connectivity index (χ1v) is 7.47. The smallest absolute Gasteiger partial charge is 0.257 e. The summed E-state index contributed by atoms with van der Waals surface area (Å²) in [5.41, 5.74) is 0.501. The Hall–Kier alpha value is -1.57. The molecule has 3 amide bonds. The van der Waals surface area contributed by atoms with Crippen molar-refractivity contribution in [2.24, 2.45) is 4.99 Å². The number of hydrogen-bond donors (Lipinski definition) is 2. The zero-order chi connectivity index (χ0) is 15.4. The van der Waals surface area contributed by atoms with Gasteiger partial charge in [0.15, 0.2) is 5.17 Å². The van der Waals surface area contributed by atoms with Crippen LogP contribution in [-0.4, -0.2) is 28.6 Å². The Kier molecular flexibility index (Phi) is 5.22. The predicted octanol–water partition coefficient (Wildman–Crippen LogP) is 2.07. The largest absolute Gasteiger partial charge is 0.325 e. The molecule has 0 atom stereocenters. The number of rotatable bonds is 3. The van der Waals surface area contributed by atoms with Crippen molar-refractivity contribution in [1.82, 2.24) is 5.32 Å². The molecule has 0 fully saturated rings. The van der Waals surface area contributed by atoms with Gasteiger partial charge in [0.25, 0.3) is 5.91 Å². The van der Waals surface area contributed by atoms with Crippen LogP contribution in [0.15, 0.2) is 23.2 Å². The van der Waals surface area contributed by atoms with E-state index < -0.39 is 11.8 Å². The van der Waals surface area contributed by atoms with Gasteiger partial charge in [-0.3, -0.25) is 14.4 Å². The van der Waals surface area contributed by atoms with Crippen LogP contribution >= 0.6 is 35.0 Å². The van der Waals surface area contributed by atoms with Crippen LogP contribution < -0.4 is 10.6 Å². The number of carbonyl (C=O) groups is 3. The molecule has 0 aromatic heterocycles. The normalized spacial score (nSPS) is 14.5. The molecule has 1 aromatic rings. The van der Waals surface area contributed by atoms with Crippen LogP contribution in [0.1, 0.15) is 6.42 Å². The molecular weight excluding hydrogens is 337 g/mol. The van der Waals surface area contributed by atoms with Gasteiger partial charge in [0.05, 0.1) is 15.8 Å². The van der Waals surface area contributed by atoms with Crippen molar-refractivity contribution in [1.29, 1.82) is 0 Å². The lowest BCUT2D eigenvalue weighted by Gasteiger charge is -2.11. The number of amidine groups is 1. The van der Waals surface area contributed by atoms with E-state index in [-0.39, 0.29) is 23.2 Å². The van der Waals surface area contributed by atoms with E-state index in [2.05, 4.69) is 15.6 Å². The Bertz CT molecular complexity index is 649. The van der Waals surface area contributed by atoms with Gasteiger partial charge in [-0.2, -0.15) is 4.99 Å². The first-order chi connectivity index (χ1) is 9.94. The van der Waals surface area contributed by atoms with Gasteiger partial charge in [-0.25, -0.2) is 0 Å². The van der Waals surface area contributed by atoms with Gasteiger partial charge in [-0.15, -0.1) is 0 Å². The van der Waals surface area contributed by atoms with Crippen LogP contribution in [0.4, 0.5) is 5.69 Å². The van der Waals surface area contributed by atoms with Crippen molar-refractivity contribution in [3.05, 3.63) is 28.2 Å². The third-order valence-corrected chi connectivity index (χ3v) is 3.94. The Morgan fingerprint density at radius 3 is 2.76 bits per heavy atom. The van der Waals surface area contributed by atoms with Gasteiger partial charge >= 0.3 is 0 Å². The number of aliphatic imine (C=N–C) groups is 1. The first-order valence-electron chi connectivity index (χ1n) is 5.73. The zero-order valence-corrected chi connectivity index (χ0v) is 12.8. The highest BCUT2D eigenvalue weighted by molar-refractivity contribution is 8.14. The van der Waals surface area contributed by atoms with E-state index in [1.54, 1.807) is 12.1 Å². The maximum atomic E-state index is 11.8. The predicted molar refractivity (Wildman–Crippen MR) is 82.8 cm³/mol. The number of benzene rings is 1. The monoisotopic (exact) mass is 345 g/mol. The second-order valence-corrected chi connectivity index (χ2v) is 5.78. The maximum Gasteiger partial charge on any atom is 0.257 e. The quantitative estimate of drug-likeness (QED) is 0.821. The standard InChI is InChI=1S/C12H9Cl2N3O3S/c13-7-2-1-6(3-8(7)14)15-11(20)5-21-12-16-9(18)4-10(19)17-12/h1-3H,4-5H2,(H,15,20)(H,16,17,18,19). The first kappa shape index (κ1) is 15.8. The van der Waals surface area contributed by atoms with Crippen LogP contribution in [0.5, 0.6) is 0 Å². The number of nitrogens with one attached hydrogen (secondary N) is 2. The molecule has 0 bridgehead atoms. The number of halogens is 2. The number of thioether (sulfide) groups is 1. The van der Waals surface area contributed by atoms with Gasteiger partial charge in [0.2, 0.25) is 11.8 Å². The minimum Gasteiger partial charge on any atom is -0.325 e. The van der Waals surface area contributed by atoms with Crippen LogP contribution in [-0.2, 0) is 14.4 Å². The molecule has 2 rings (SSSR count). The van der Waals surface area contributed by atoms with E-state index in [4.69, 9.17) is 23.2 Å². The van der Waals surface area contributed by atoms with Gasteiger partial charge in [-0.05, 0) is 18.2 Å². The molecule has 9 heteroatoms. The third-order valence-electron chi connectivity index (χ3n) is 2.33. The molecule has 0 radical (unpaired) electrons.